The van der Waals surface area contributed by atoms with Gasteiger partial charge in [0.25, 0.3) is 0 Å². The van der Waals surface area contributed by atoms with Crippen LogP contribution < -0.4 is 5.32 Å². The van der Waals surface area contributed by atoms with Gasteiger partial charge >= 0.3 is 128 Å². The van der Waals surface area contributed by atoms with Gasteiger partial charge in [-0.05, 0) is 0 Å². The van der Waals surface area contributed by atoms with Crippen molar-refractivity contribution in [3.05, 3.63) is 10.8 Å². The van der Waals surface area contributed by atoms with Crippen LogP contribution in [0, 0.1) is 5.41 Å². The molecule has 1 aliphatic heterocycles. The van der Waals surface area contributed by atoms with Crippen molar-refractivity contribution in [1.29, 1.82) is 0 Å². The zero-order valence-electron chi connectivity index (χ0n) is 13.0. The molecule has 1 unspecified atom stereocenters. The summed E-state index contributed by atoms with van der Waals surface area (Å²) in [6, 6.07) is 0.0583. The van der Waals surface area contributed by atoms with E-state index in [0.717, 1.165) is 4.08 Å². The summed E-state index contributed by atoms with van der Waals surface area (Å²) < 4.78 is 6.57. The van der Waals surface area contributed by atoms with Gasteiger partial charge in [0.15, 0.2) is 0 Å². The average Bonchev–Trinajstić information content (AvgIpc) is 2.24. The molecule has 0 aromatic carbocycles. The number of ether oxygens (including phenoxy) is 1. The van der Waals surface area contributed by atoms with E-state index in [2.05, 4.69) is 45.7 Å². The Labute approximate surface area is 128 Å². The molecule has 1 atom stereocenters. The van der Waals surface area contributed by atoms with E-state index in [9.17, 15) is 4.79 Å². The van der Waals surface area contributed by atoms with E-state index >= 15 is 0 Å². The van der Waals surface area contributed by atoms with Gasteiger partial charge in [0, 0.05) is 0 Å². The first kappa shape index (κ1) is 17.0. The van der Waals surface area contributed by atoms with Gasteiger partial charge in [0.1, 0.15) is 0 Å². The number of amides is 1. The Morgan fingerprint density at radius 2 is 1.89 bits per heavy atom. The molecule has 0 aromatic heterocycles. The number of nitrogens with one attached hydrogen (secondary N) is 1. The van der Waals surface area contributed by atoms with E-state index in [1.54, 1.807) is 7.11 Å². The standard InChI is InChI=1S/C14H25NO2Si.W/c1-14(2,3)13-10(9-17-4)11(18(5,6)7)8-12(16)15-13;/h13H,8H2,1-7H3,(H,15,16);. The molecule has 5 heteroatoms. The molecule has 108 valence electrons. The van der Waals surface area contributed by atoms with Crippen LogP contribution in [0.5, 0.6) is 0 Å². The van der Waals surface area contributed by atoms with Crippen LogP contribution in [0.3, 0.4) is 0 Å². The number of rotatable bonds is 3. The average molecular weight is 451 g/mol. The van der Waals surface area contributed by atoms with Gasteiger partial charge in [-0.15, -0.1) is 0 Å². The van der Waals surface area contributed by atoms with Crippen molar-refractivity contribution in [2.24, 2.45) is 5.41 Å². The Morgan fingerprint density at radius 3 is 2.26 bits per heavy atom. The number of hydrogen-bond donors (Lipinski definition) is 1. The molecule has 1 aliphatic rings. The van der Waals surface area contributed by atoms with Crippen LogP contribution >= 0.6 is 0 Å². The Hall–Kier alpha value is -0.0548. The first-order valence-electron chi connectivity index (χ1n) is 6.59. The van der Waals surface area contributed by atoms with Gasteiger partial charge in [-0.1, -0.05) is 0 Å². The van der Waals surface area contributed by atoms with Crippen LogP contribution in [0.1, 0.15) is 27.2 Å². The van der Waals surface area contributed by atoms with Crippen LogP contribution in [0.25, 0.3) is 0 Å². The molecular formula is C14H25NO2SiW. The normalized spacial score (nSPS) is 21.4. The van der Waals surface area contributed by atoms with Crippen LogP contribution in [-0.4, -0.2) is 31.2 Å². The van der Waals surface area contributed by atoms with E-state index in [0.29, 0.717) is 6.42 Å². The van der Waals surface area contributed by atoms with Crippen LogP contribution in [-0.2, 0) is 28.9 Å². The molecule has 0 aromatic rings. The predicted octanol–water partition coefficient (Wildman–Crippen LogP) is 2.42. The predicted molar refractivity (Wildman–Crippen MR) is 78.4 cm³/mol. The first-order chi connectivity index (χ1) is 8.48. The quantitative estimate of drug-likeness (QED) is 0.670. The topological polar surface area (TPSA) is 38.3 Å². The molecule has 1 heterocycles. The molecule has 0 saturated heterocycles. The van der Waals surface area contributed by atoms with Crippen molar-refractivity contribution >= 4 is 18.1 Å². The summed E-state index contributed by atoms with van der Waals surface area (Å²) >= 11 is 1.33. The van der Waals surface area contributed by atoms with Crippen LogP contribution in [0.2, 0.25) is 19.6 Å². The van der Waals surface area contributed by atoms with Crippen LogP contribution in [0.15, 0.2) is 10.8 Å². The number of carbonyl (C=O) groups is 1. The Balaban J connectivity index is 3.47. The van der Waals surface area contributed by atoms with Crippen molar-refractivity contribution in [1.82, 2.24) is 5.32 Å². The third kappa shape index (κ3) is 3.96. The fraction of sp³-hybridized carbons (Fsp3) is 0.714. The summed E-state index contributed by atoms with van der Waals surface area (Å²) in [6.45, 7) is 13.4. The van der Waals surface area contributed by atoms with E-state index in [1.807, 2.05) is 0 Å². The summed E-state index contributed by atoms with van der Waals surface area (Å²) in [4.78, 5) is 12.1. The fourth-order valence-electron chi connectivity index (χ4n) is 2.38. The molecule has 0 saturated carbocycles. The molecule has 3 nitrogen and oxygen atoms in total. The van der Waals surface area contributed by atoms with Gasteiger partial charge in [0.05, 0.1) is 0 Å². The number of carbonyl (C=O) groups excluding carboxylic acids is 1. The van der Waals surface area contributed by atoms with Crippen molar-refractivity contribution < 1.29 is 28.9 Å². The Kier molecular flexibility index (Phi) is 5.14. The molecule has 0 bridgehead atoms. The molecular weight excluding hydrogens is 426 g/mol. The van der Waals surface area contributed by atoms with E-state index < -0.39 is 8.07 Å². The van der Waals surface area contributed by atoms with Crippen molar-refractivity contribution in [2.75, 3.05) is 7.11 Å². The van der Waals surface area contributed by atoms with Gasteiger partial charge in [0.2, 0.25) is 0 Å². The Morgan fingerprint density at radius 1 is 1.37 bits per heavy atom. The molecule has 1 N–H and O–H groups in total. The van der Waals surface area contributed by atoms with Crippen LogP contribution in [0.4, 0.5) is 0 Å². The summed E-state index contributed by atoms with van der Waals surface area (Å²) in [5.41, 5.74) is 1.26. The molecule has 0 radical (unpaired) electrons. The summed E-state index contributed by atoms with van der Waals surface area (Å²) in [6.07, 6.45) is 0.539. The molecule has 0 spiro atoms. The number of hydrogen-bond acceptors (Lipinski definition) is 2. The second-order valence-electron chi connectivity index (χ2n) is 7.18. The second kappa shape index (κ2) is 5.75. The van der Waals surface area contributed by atoms with Gasteiger partial charge in [-0.25, -0.2) is 0 Å². The van der Waals surface area contributed by atoms with Crippen molar-refractivity contribution in [3.63, 3.8) is 0 Å². The monoisotopic (exact) mass is 451 g/mol. The van der Waals surface area contributed by atoms with Gasteiger partial charge in [-0.2, -0.15) is 0 Å². The molecule has 19 heavy (non-hydrogen) atoms. The van der Waals surface area contributed by atoms with Gasteiger partial charge < -0.3 is 0 Å². The van der Waals surface area contributed by atoms with Crippen molar-refractivity contribution in [3.8, 4) is 0 Å². The number of methoxy groups -OCH3 is 1. The maximum atomic E-state index is 12.1. The Bertz CT molecular complexity index is 430. The molecule has 0 aliphatic carbocycles. The zero-order valence-corrected chi connectivity index (χ0v) is 16.9. The van der Waals surface area contributed by atoms with E-state index in [4.69, 9.17) is 4.74 Å². The first-order valence-corrected chi connectivity index (χ1v) is 11.6. The summed E-state index contributed by atoms with van der Waals surface area (Å²) in [5, 5.41) is 4.51. The summed E-state index contributed by atoms with van der Waals surface area (Å²) in [7, 11) is 0.200. The SMILES string of the molecule is CO[C](=[W])C1=C([Si](C)(C)C)CC(=O)NC1C(C)(C)C. The third-order valence-corrected chi connectivity index (χ3v) is 7.08. The second-order valence-corrected chi connectivity index (χ2v) is 13.6. The van der Waals surface area contributed by atoms with Crippen molar-refractivity contribution in [2.45, 2.75) is 52.9 Å². The summed E-state index contributed by atoms with van der Waals surface area (Å²) in [5.74, 6) is 0.153. The maximum absolute atomic E-state index is 12.1. The minimum absolute atomic E-state index is 0.00442. The fourth-order valence-corrected chi connectivity index (χ4v) is 5.36. The molecule has 1 amide bonds. The molecule has 1 rings (SSSR count). The third-order valence-electron chi connectivity index (χ3n) is 3.43. The molecule has 0 fully saturated rings. The minimum atomic E-state index is -1.53. The zero-order chi connectivity index (χ0) is 15.0. The van der Waals surface area contributed by atoms with E-state index in [-0.39, 0.29) is 17.4 Å². The van der Waals surface area contributed by atoms with E-state index in [1.165, 1.54) is 30.1 Å². The van der Waals surface area contributed by atoms with Gasteiger partial charge in [-0.3, -0.25) is 0 Å².